The molecule has 0 bridgehead atoms. The fourth-order valence-corrected chi connectivity index (χ4v) is 1.70. The Morgan fingerprint density at radius 1 is 1.16 bits per heavy atom. The molecule has 0 fully saturated rings. The molecule has 0 unspecified atom stereocenters. The van der Waals surface area contributed by atoms with Crippen LogP contribution >= 0.6 is 0 Å². The summed E-state index contributed by atoms with van der Waals surface area (Å²) >= 11 is 0. The van der Waals surface area contributed by atoms with Crippen LogP contribution in [0.1, 0.15) is 21.5 Å². The molecule has 4 N–H and O–H groups in total. The molecule has 0 spiro atoms. The predicted molar refractivity (Wildman–Crippen MR) is 75.9 cm³/mol. The van der Waals surface area contributed by atoms with Gasteiger partial charge in [0, 0.05) is 6.20 Å². The van der Waals surface area contributed by atoms with E-state index in [1.165, 1.54) is 0 Å². The van der Waals surface area contributed by atoms with Crippen LogP contribution in [0.4, 0.5) is 11.5 Å². The number of nitrogens with zero attached hydrogens (tertiary/aromatic N) is 1. The standard InChI is InChI=1S/C14H16N4O/c1-9-3-5-11(12(7-9)18-15)14(19)17-13-6-4-10(2)8-16-13/h3-8,18H,15H2,1-2H3,(H,16,17,19). The molecule has 2 aromatic rings. The Balaban J connectivity index is 2.22. The van der Waals surface area contributed by atoms with Gasteiger partial charge in [0.15, 0.2) is 0 Å². The van der Waals surface area contributed by atoms with Gasteiger partial charge in [-0.1, -0.05) is 12.1 Å². The Bertz CT molecular complexity index is 593. The molecule has 5 heteroatoms. The normalized spacial score (nSPS) is 10.1. The topological polar surface area (TPSA) is 80.0 Å². The number of pyridine rings is 1. The summed E-state index contributed by atoms with van der Waals surface area (Å²) in [5.74, 6) is 5.69. The summed E-state index contributed by atoms with van der Waals surface area (Å²) in [7, 11) is 0. The minimum atomic E-state index is -0.246. The zero-order valence-corrected chi connectivity index (χ0v) is 10.9. The van der Waals surface area contributed by atoms with E-state index in [4.69, 9.17) is 5.84 Å². The Hall–Kier alpha value is -2.40. The van der Waals surface area contributed by atoms with Crippen LogP contribution in [0.15, 0.2) is 36.5 Å². The van der Waals surface area contributed by atoms with E-state index in [0.717, 1.165) is 11.1 Å². The monoisotopic (exact) mass is 256 g/mol. The number of carbonyl (C=O) groups excluding carboxylic acids is 1. The van der Waals surface area contributed by atoms with E-state index >= 15 is 0 Å². The lowest BCUT2D eigenvalue weighted by Gasteiger charge is -2.10. The van der Waals surface area contributed by atoms with Gasteiger partial charge in [0.1, 0.15) is 5.82 Å². The zero-order chi connectivity index (χ0) is 13.8. The van der Waals surface area contributed by atoms with Gasteiger partial charge in [-0.05, 0) is 43.2 Å². The smallest absolute Gasteiger partial charge is 0.258 e. The van der Waals surface area contributed by atoms with Crippen molar-refractivity contribution in [2.45, 2.75) is 13.8 Å². The third kappa shape index (κ3) is 3.08. The second kappa shape index (κ2) is 5.49. The highest BCUT2D eigenvalue weighted by atomic mass is 16.1. The van der Waals surface area contributed by atoms with Crippen LogP contribution in [-0.4, -0.2) is 10.9 Å². The Morgan fingerprint density at radius 3 is 2.53 bits per heavy atom. The number of aromatic nitrogens is 1. The van der Waals surface area contributed by atoms with Crippen LogP contribution in [0.3, 0.4) is 0 Å². The number of nitrogen functional groups attached to an aromatic ring is 1. The number of anilines is 2. The maximum Gasteiger partial charge on any atom is 0.258 e. The zero-order valence-electron chi connectivity index (χ0n) is 10.9. The average molecular weight is 256 g/mol. The number of benzene rings is 1. The van der Waals surface area contributed by atoms with Crippen molar-refractivity contribution in [3.63, 3.8) is 0 Å². The molecule has 0 aliphatic heterocycles. The molecule has 0 saturated carbocycles. The molecule has 98 valence electrons. The summed E-state index contributed by atoms with van der Waals surface area (Å²) in [6.07, 6.45) is 1.70. The minimum absolute atomic E-state index is 0.246. The van der Waals surface area contributed by atoms with Crippen molar-refractivity contribution in [3.05, 3.63) is 53.2 Å². The van der Waals surface area contributed by atoms with Gasteiger partial charge in [0.25, 0.3) is 5.91 Å². The summed E-state index contributed by atoms with van der Waals surface area (Å²) in [6, 6.07) is 9.06. The molecule has 0 atom stereocenters. The minimum Gasteiger partial charge on any atom is -0.323 e. The Labute approximate surface area is 111 Å². The van der Waals surface area contributed by atoms with Gasteiger partial charge in [0.2, 0.25) is 0 Å². The van der Waals surface area contributed by atoms with Gasteiger partial charge in [-0.15, -0.1) is 0 Å². The van der Waals surface area contributed by atoms with Crippen molar-refractivity contribution in [3.8, 4) is 0 Å². The highest BCUT2D eigenvalue weighted by Crippen LogP contribution is 2.18. The SMILES string of the molecule is Cc1ccc(NC(=O)c2ccc(C)cc2NN)nc1. The Morgan fingerprint density at radius 2 is 1.89 bits per heavy atom. The van der Waals surface area contributed by atoms with Crippen LogP contribution in [0.5, 0.6) is 0 Å². The summed E-state index contributed by atoms with van der Waals surface area (Å²) in [5, 5.41) is 2.73. The number of aryl methyl sites for hydroxylation is 2. The molecule has 19 heavy (non-hydrogen) atoms. The molecule has 0 radical (unpaired) electrons. The molecular weight excluding hydrogens is 240 g/mol. The molecule has 1 amide bonds. The van der Waals surface area contributed by atoms with Crippen LogP contribution in [0.25, 0.3) is 0 Å². The van der Waals surface area contributed by atoms with Gasteiger partial charge in [0.05, 0.1) is 11.3 Å². The molecule has 0 saturated heterocycles. The van der Waals surface area contributed by atoms with E-state index in [1.807, 2.05) is 32.0 Å². The van der Waals surface area contributed by atoms with E-state index in [0.29, 0.717) is 17.1 Å². The van der Waals surface area contributed by atoms with Crippen molar-refractivity contribution >= 4 is 17.4 Å². The second-order valence-electron chi connectivity index (χ2n) is 4.37. The molecular formula is C14H16N4O. The number of nitrogens with two attached hydrogens (primary N) is 1. The first kappa shape index (κ1) is 13.0. The molecule has 1 aromatic heterocycles. The molecule has 1 heterocycles. The van der Waals surface area contributed by atoms with Gasteiger partial charge < -0.3 is 10.7 Å². The summed E-state index contributed by atoms with van der Waals surface area (Å²) in [5.41, 5.74) is 5.67. The lowest BCUT2D eigenvalue weighted by molar-refractivity contribution is 0.102. The molecule has 2 rings (SSSR count). The number of hydrogen-bond acceptors (Lipinski definition) is 4. The predicted octanol–water partition coefficient (Wildman–Crippen LogP) is 2.24. The van der Waals surface area contributed by atoms with Crippen LogP contribution in [0, 0.1) is 13.8 Å². The van der Waals surface area contributed by atoms with Crippen LogP contribution in [-0.2, 0) is 0 Å². The van der Waals surface area contributed by atoms with Crippen molar-refractivity contribution in [2.75, 3.05) is 10.7 Å². The van der Waals surface area contributed by atoms with E-state index < -0.39 is 0 Å². The largest absolute Gasteiger partial charge is 0.323 e. The van der Waals surface area contributed by atoms with Gasteiger partial charge >= 0.3 is 0 Å². The maximum atomic E-state index is 12.1. The molecule has 0 aliphatic rings. The van der Waals surface area contributed by atoms with E-state index in [-0.39, 0.29) is 5.91 Å². The summed E-state index contributed by atoms with van der Waals surface area (Å²) in [6.45, 7) is 3.87. The maximum absolute atomic E-state index is 12.1. The van der Waals surface area contributed by atoms with Crippen molar-refractivity contribution < 1.29 is 4.79 Å². The van der Waals surface area contributed by atoms with Crippen molar-refractivity contribution in [2.24, 2.45) is 5.84 Å². The van der Waals surface area contributed by atoms with E-state index in [1.54, 1.807) is 18.3 Å². The molecule has 0 aliphatic carbocycles. The van der Waals surface area contributed by atoms with Gasteiger partial charge in [-0.3, -0.25) is 10.6 Å². The first-order valence-electron chi connectivity index (χ1n) is 5.91. The average Bonchev–Trinajstić information content (AvgIpc) is 2.41. The highest BCUT2D eigenvalue weighted by molar-refractivity contribution is 6.07. The lowest BCUT2D eigenvalue weighted by Crippen LogP contribution is -2.17. The van der Waals surface area contributed by atoms with E-state index in [2.05, 4.69) is 15.7 Å². The fourth-order valence-electron chi connectivity index (χ4n) is 1.70. The third-order valence-corrected chi connectivity index (χ3v) is 2.73. The third-order valence-electron chi connectivity index (χ3n) is 2.73. The first-order valence-corrected chi connectivity index (χ1v) is 5.91. The quantitative estimate of drug-likeness (QED) is 0.581. The van der Waals surface area contributed by atoms with Gasteiger partial charge in [-0.2, -0.15) is 0 Å². The molecule has 1 aromatic carbocycles. The summed E-state index contributed by atoms with van der Waals surface area (Å²) in [4.78, 5) is 16.3. The number of carbonyl (C=O) groups is 1. The van der Waals surface area contributed by atoms with Crippen molar-refractivity contribution in [1.29, 1.82) is 0 Å². The number of hydrazine groups is 1. The highest BCUT2D eigenvalue weighted by Gasteiger charge is 2.11. The lowest BCUT2D eigenvalue weighted by atomic mass is 10.1. The summed E-state index contributed by atoms with van der Waals surface area (Å²) < 4.78 is 0. The fraction of sp³-hybridized carbons (Fsp3) is 0.143. The second-order valence-corrected chi connectivity index (χ2v) is 4.37. The number of hydrogen-bond donors (Lipinski definition) is 3. The molecule has 5 nitrogen and oxygen atoms in total. The van der Waals surface area contributed by atoms with Crippen LogP contribution in [0.2, 0.25) is 0 Å². The Kier molecular flexibility index (Phi) is 3.77. The number of rotatable bonds is 3. The van der Waals surface area contributed by atoms with Gasteiger partial charge in [-0.25, -0.2) is 4.98 Å². The van der Waals surface area contributed by atoms with E-state index in [9.17, 15) is 4.79 Å². The van der Waals surface area contributed by atoms with Crippen LogP contribution < -0.4 is 16.6 Å². The number of nitrogens with one attached hydrogen (secondary N) is 2. The van der Waals surface area contributed by atoms with Crippen molar-refractivity contribution in [1.82, 2.24) is 4.98 Å². The number of amides is 1. The first-order chi connectivity index (χ1) is 9.10.